The summed E-state index contributed by atoms with van der Waals surface area (Å²) in [5.74, 6) is -0.683. The number of ether oxygens (including phenoxy) is 1. The van der Waals surface area contributed by atoms with Crippen molar-refractivity contribution in [3.05, 3.63) is 21.3 Å². The summed E-state index contributed by atoms with van der Waals surface area (Å²) in [6.07, 6.45) is 1.59. The van der Waals surface area contributed by atoms with E-state index in [2.05, 4.69) is 9.72 Å². The Balaban J connectivity index is 2.41. The highest BCUT2D eigenvalue weighted by Crippen LogP contribution is 2.22. The van der Waals surface area contributed by atoms with Crippen molar-refractivity contribution in [2.75, 3.05) is 6.61 Å². The molecule has 0 radical (unpaired) electrons. The first kappa shape index (κ1) is 13.2. The average Bonchev–Trinajstić information content (AvgIpc) is 2.73. The van der Waals surface area contributed by atoms with Crippen LogP contribution in [0, 0.1) is 10.1 Å². The number of aromatic nitrogens is 1. The van der Waals surface area contributed by atoms with Gasteiger partial charge in [0.05, 0.1) is 11.5 Å². The number of carbonyl (C=O) groups excluding carboxylic acids is 2. The summed E-state index contributed by atoms with van der Waals surface area (Å²) < 4.78 is 4.66. The fraction of sp³-hybridized carbons (Fsp3) is 0.444. The number of carbonyl (C=O) groups is 2. The zero-order chi connectivity index (χ0) is 12.8. The topological polar surface area (TPSA) is 99.4 Å². The number of nitro groups is 1. The Labute approximate surface area is 101 Å². The van der Waals surface area contributed by atoms with Gasteiger partial charge in [0.25, 0.3) is 0 Å². The van der Waals surface area contributed by atoms with E-state index in [0.717, 1.165) is 17.5 Å². The van der Waals surface area contributed by atoms with Gasteiger partial charge in [-0.25, -0.2) is 4.98 Å². The highest BCUT2D eigenvalue weighted by molar-refractivity contribution is 7.16. The molecule has 1 aromatic heterocycles. The van der Waals surface area contributed by atoms with Crippen molar-refractivity contribution in [2.45, 2.75) is 19.8 Å². The van der Waals surface area contributed by atoms with Crippen LogP contribution in [0.15, 0.2) is 6.20 Å². The van der Waals surface area contributed by atoms with Gasteiger partial charge in [-0.15, -0.1) is 0 Å². The minimum Gasteiger partial charge on any atom is -0.466 e. The summed E-state index contributed by atoms with van der Waals surface area (Å²) in [4.78, 5) is 35.4. The van der Waals surface area contributed by atoms with Crippen LogP contribution in [0.25, 0.3) is 0 Å². The first-order chi connectivity index (χ1) is 8.00. The molecular formula is C9H10N2O5S. The second kappa shape index (κ2) is 6.04. The van der Waals surface area contributed by atoms with Crippen LogP contribution in [-0.4, -0.2) is 28.3 Å². The average molecular weight is 258 g/mol. The first-order valence-corrected chi connectivity index (χ1v) is 5.59. The van der Waals surface area contributed by atoms with Crippen molar-refractivity contribution in [3.8, 4) is 0 Å². The maximum atomic E-state index is 11.5. The molecule has 1 rings (SSSR count). The smallest absolute Gasteiger partial charge is 0.344 e. The molecule has 0 aromatic carbocycles. The van der Waals surface area contributed by atoms with E-state index in [4.69, 9.17) is 0 Å². The van der Waals surface area contributed by atoms with Gasteiger partial charge in [0, 0.05) is 13.3 Å². The predicted molar refractivity (Wildman–Crippen MR) is 59.0 cm³/mol. The van der Waals surface area contributed by atoms with Crippen molar-refractivity contribution in [1.82, 2.24) is 4.98 Å². The third-order valence-corrected chi connectivity index (χ3v) is 2.76. The second-order valence-corrected chi connectivity index (χ2v) is 4.14. The van der Waals surface area contributed by atoms with Gasteiger partial charge in [-0.05, 0) is 17.8 Å². The number of Topliss-reactive ketones (excluding diaryl/α,β-unsaturated/α-hetero) is 1. The SMILES string of the molecule is CC(=O)OCCCC(=O)c1ncc([N+](=O)[O-])s1. The van der Waals surface area contributed by atoms with E-state index in [1.807, 2.05) is 0 Å². The van der Waals surface area contributed by atoms with Crippen LogP contribution in [0.3, 0.4) is 0 Å². The van der Waals surface area contributed by atoms with Crippen LogP contribution < -0.4 is 0 Å². The van der Waals surface area contributed by atoms with Crippen LogP contribution in [0.1, 0.15) is 29.6 Å². The van der Waals surface area contributed by atoms with Gasteiger partial charge < -0.3 is 4.74 Å². The summed E-state index contributed by atoms with van der Waals surface area (Å²) >= 11 is 0.746. The van der Waals surface area contributed by atoms with Crippen LogP contribution >= 0.6 is 11.3 Å². The van der Waals surface area contributed by atoms with E-state index >= 15 is 0 Å². The minimum atomic E-state index is -0.590. The lowest BCUT2D eigenvalue weighted by Crippen LogP contribution is -2.04. The van der Waals surface area contributed by atoms with Gasteiger partial charge in [0.1, 0.15) is 6.20 Å². The van der Waals surface area contributed by atoms with Crippen LogP contribution in [0.5, 0.6) is 0 Å². The number of ketones is 1. The zero-order valence-electron chi connectivity index (χ0n) is 9.04. The van der Waals surface area contributed by atoms with Crippen LogP contribution in [-0.2, 0) is 9.53 Å². The van der Waals surface area contributed by atoms with Crippen LogP contribution in [0.2, 0.25) is 0 Å². The Morgan fingerprint density at radius 3 is 2.82 bits per heavy atom. The summed E-state index contributed by atoms with van der Waals surface area (Å²) in [6.45, 7) is 1.44. The molecule has 0 saturated carbocycles. The molecule has 8 heteroatoms. The monoisotopic (exact) mass is 258 g/mol. The largest absolute Gasteiger partial charge is 0.466 e. The number of thiazole rings is 1. The fourth-order valence-electron chi connectivity index (χ4n) is 1.03. The maximum absolute atomic E-state index is 11.5. The summed E-state index contributed by atoms with van der Waals surface area (Å²) in [5, 5.41) is 10.3. The lowest BCUT2D eigenvalue weighted by Gasteiger charge is -1.99. The van der Waals surface area contributed by atoms with Crippen molar-refractivity contribution in [1.29, 1.82) is 0 Å². The molecule has 0 aliphatic heterocycles. The van der Waals surface area contributed by atoms with E-state index in [-0.39, 0.29) is 28.8 Å². The van der Waals surface area contributed by atoms with E-state index in [9.17, 15) is 19.7 Å². The van der Waals surface area contributed by atoms with Gasteiger partial charge in [0.2, 0.25) is 0 Å². The molecule has 0 amide bonds. The lowest BCUT2D eigenvalue weighted by atomic mass is 10.2. The highest BCUT2D eigenvalue weighted by Gasteiger charge is 2.16. The van der Waals surface area contributed by atoms with Gasteiger partial charge in [-0.3, -0.25) is 19.7 Å². The van der Waals surface area contributed by atoms with Crippen molar-refractivity contribution < 1.29 is 19.2 Å². The molecule has 0 aliphatic rings. The predicted octanol–water partition coefficient (Wildman–Crippen LogP) is 1.58. The van der Waals surface area contributed by atoms with Crippen molar-refractivity contribution >= 4 is 28.1 Å². The van der Waals surface area contributed by atoms with Gasteiger partial charge >= 0.3 is 11.0 Å². The number of nitrogens with zero attached hydrogens (tertiary/aromatic N) is 2. The Hall–Kier alpha value is -1.83. The molecule has 92 valence electrons. The fourth-order valence-corrected chi connectivity index (χ4v) is 1.73. The van der Waals surface area contributed by atoms with Gasteiger partial charge in [-0.1, -0.05) is 0 Å². The summed E-state index contributed by atoms with van der Waals surface area (Å²) in [6, 6.07) is 0. The highest BCUT2D eigenvalue weighted by atomic mass is 32.1. The third kappa shape index (κ3) is 4.27. The number of hydrogen-bond acceptors (Lipinski definition) is 7. The molecular weight excluding hydrogens is 248 g/mol. The molecule has 0 atom stereocenters. The molecule has 0 spiro atoms. The molecule has 1 aromatic rings. The third-order valence-electron chi connectivity index (χ3n) is 1.77. The molecule has 0 N–H and O–H groups in total. The van der Waals surface area contributed by atoms with E-state index in [0.29, 0.717) is 6.42 Å². The van der Waals surface area contributed by atoms with Gasteiger partial charge in [0.15, 0.2) is 10.8 Å². The Bertz CT molecular complexity index is 442. The first-order valence-electron chi connectivity index (χ1n) is 4.77. The minimum absolute atomic E-state index is 0.111. The number of rotatable bonds is 6. The van der Waals surface area contributed by atoms with Crippen molar-refractivity contribution in [2.24, 2.45) is 0 Å². The molecule has 0 saturated heterocycles. The zero-order valence-corrected chi connectivity index (χ0v) is 9.86. The quantitative estimate of drug-likeness (QED) is 0.252. The summed E-state index contributed by atoms with van der Waals surface area (Å²) in [5.41, 5.74) is 0. The normalized spacial score (nSPS) is 9.94. The summed E-state index contributed by atoms with van der Waals surface area (Å²) in [7, 11) is 0. The molecule has 0 fully saturated rings. The number of hydrogen-bond donors (Lipinski definition) is 0. The molecule has 0 unspecified atom stereocenters. The van der Waals surface area contributed by atoms with Gasteiger partial charge in [-0.2, -0.15) is 0 Å². The van der Waals surface area contributed by atoms with E-state index in [1.165, 1.54) is 6.92 Å². The molecule has 17 heavy (non-hydrogen) atoms. The molecule has 0 aliphatic carbocycles. The standard InChI is InChI=1S/C9H10N2O5S/c1-6(12)16-4-2-3-7(13)9-10-5-8(17-9)11(14)15/h5H,2-4H2,1H3. The van der Waals surface area contributed by atoms with Crippen molar-refractivity contribution in [3.63, 3.8) is 0 Å². The second-order valence-electron chi connectivity index (χ2n) is 3.13. The lowest BCUT2D eigenvalue weighted by molar-refractivity contribution is -0.380. The Morgan fingerprint density at radius 1 is 1.59 bits per heavy atom. The van der Waals surface area contributed by atoms with E-state index in [1.54, 1.807) is 0 Å². The molecule has 0 bridgehead atoms. The Kier molecular flexibility index (Phi) is 4.70. The van der Waals surface area contributed by atoms with Crippen LogP contribution in [0.4, 0.5) is 5.00 Å². The molecule has 7 nitrogen and oxygen atoms in total. The molecule has 1 heterocycles. The maximum Gasteiger partial charge on any atom is 0.344 e. The number of esters is 1. The van der Waals surface area contributed by atoms with E-state index < -0.39 is 10.9 Å². The Morgan fingerprint density at radius 2 is 2.29 bits per heavy atom.